The largest absolute Gasteiger partial charge is 0.378 e. The molecule has 0 amide bonds. The molecule has 1 unspecified atom stereocenters. The Kier molecular flexibility index (Phi) is 5.03. The van der Waals surface area contributed by atoms with E-state index in [1.807, 2.05) is 7.05 Å². The summed E-state index contributed by atoms with van der Waals surface area (Å²) >= 11 is 0. The van der Waals surface area contributed by atoms with Crippen molar-refractivity contribution in [2.45, 2.75) is 45.2 Å². The van der Waals surface area contributed by atoms with Crippen molar-refractivity contribution in [1.82, 2.24) is 10.2 Å². The average Bonchev–Trinajstić information content (AvgIpc) is 2.17. The first-order chi connectivity index (χ1) is 7.11. The summed E-state index contributed by atoms with van der Waals surface area (Å²) in [6.45, 7) is 10.7. The third-order valence-electron chi connectivity index (χ3n) is 3.21. The average molecular weight is 214 g/mol. The zero-order chi connectivity index (χ0) is 11.3. The molecule has 1 N–H and O–H groups in total. The van der Waals surface area contributed by atoms with Crippen LogP contribution in [0.5, 0.6) is 0 Å². The fourth-order valence-corrected chi connectivity index (χ4v) is 2.48. The van der Waals surface area contributed by atoms with Gasteiger partial charge in [0.2, 0.25) is 0 Å². The van der Waals surface area contributed by atoms with Gasteiger partial charge < -0.3 is 10.1 Å². The van der Waals surface area contributed by atoms with Crippen LogP contribution in [0, 0.1) is 0 Å². The van der Waals surface area contributed by atoms with Crippen LogP contribution < -0.4 is 5.32 Å². The first kappa shape index (κ1) is 12.9. The Bertz CT molecular complexity index is 176. The normalized spacial score (nSPS) is 24.0. The van der Waals surface area contributed by atoms with E-state index < -0.39 is 0 Å². The van der Waals surface area contributed by atoms with Crippen LogP contribution in [-0.4, -0.2) is 49.8 Å². The highest BCUT2D eigenvalue weighted by molar-refractivity contribution is 4.89. The number of nitrogens with zero attached hydrogens (tertiary/aromatic N) is 1. The van der Waals surface area contributed by atoms with Gasteiger partial charge in [-0.3, -0.25) is 4.90 Å². The number of nitrogens with one attached hydrogen (secondary N) is 1. The molecule has 1 aliphatic rings. The highest BCUT2D eigenvalue weighted by atomic mass is 16.5. The van der Waals surface area contributed by atoms with Crippen LogP contribution >= 0.6 is 0 Å². The summed E-state index contributed by atoms with van der Waals surface area (Å²) < 4.78 is 5.56. The van der Waals surface area contributed by atoms with E-state index in [0.717, 1.165) is 26.3 Å². The molecule has 0 bridgehead atoms. The zero-order valence-corrected chi connectivity index (χ0v) is 10.7. The summed E-state index contributed by atoms with van der Waals surface area (Å²) in [5.41, 5.74) is 0.189. The first-order valence-electron chi connectivity index (χ1n) is 6.11. The van der Waals surface area contributed by atoms with E-state index in [4.69, 9.17) is 4.74 Å². The van der Waals surface area contributed by atoms with Gasteiger partial charge in [0, 0.05) is 24.7 Å². The van der Waals surface area contributed by atoms with Crippen molar-refractivity contribution in [2.75, 3.05) is 33.4 Å². The van der Waals surface area contributed by atoms with Crippen molar-refractivity contribution in [3.05, 3.63) is 0 Å². The van der Waals surface area contributed by atoms with Gasteiger partial charge in [0.25, 0.3) is 0 Å². The van der Waals surface area contributed by atoms with Crippen LogP contribution in [0.25, 0.3) is 0 Å². The van der Waals surface area contributed by atoms with E-state index in [0.29, 0.717) is 6.04 Å². The van der Waals surface area contributed by atoms with E-state index in [1.54, 1.807) is 0 Å². The van der Waals surface area contributed by atoms with Crippen molar-refractivity contribution in [3.8, 4) is 0 Å². The molecular formula is C12H26N2O. The maximum Gasteiger partial charge on any atom is 0.0645 e. The summed E-state index contributed by atoms with van der Waals surface area (Å²) in [5, 5.41) is 3.31. The lowest BCUT2D eigenvalue weighted by atomic mass is 9.97. The molecule has 0 radical (unpaired) electrons. The van der Waals surface area contributed by atoms with Crippen molar-refractivity contribution in [1.29, 1.82) is 0 Å². The smallest absolute Gasteiger partial charge is 0.0645 e. The maximum atomic E-state index is 5.56. The standard InChI is InChI=1S/C12H26N2O/c1-5-6-11(9-13-4)14-7-8-15-10-12(14,2)3/h11,13H,5-10H2,1-4H3. The molecule has 0 aliphatic carbocycles. The van der Waals surface area contributed by atoms with Gasteiger partial charge in [-0.15, -0.1) is 0 Å². The second-order valence-electron chi connectivity index (χ2n) is 5.06. The third kappa shape index (κ3) is 3.44. The summed E-state index contributed by atoms with van der Waals surface area (Å²) in [6.07, 6.45) is 2.52. The molecule has 1 saturated heterocycles. The van der Waals surface area contributed by atoms with Crippen molar-refractivity contribution < 1.29 is 4.74 Å². The lowest BCUT2D eigenvalue weighted by Gasteiger charge is -2.46. The van der Waals surface area contributed by atoms with Crippen LogP contribution in [0.3, 0.4) is 0 Å². The van der Waals surface area contributed by atoms with E-state index >= 15 is 0 Å². The number of hydrogen-bond acceptors (Lipinski definition) is 3. The van der Waals surface area contributed by atoms with E-state index in [1.165, 1.54) is 12.8 Å². The fraction of sp³-hybridized carbons (Fsp3) is 1.00. The summed E-state index contributed by atoms with van der Waals surface area (Å²) in [5.74, 6) is 0. The van der Waals surface area contributed by atoms with E-state index in [-0.39, 0.29) is 5.54 Å². The van der Waals surface area contributed by atoms with Gasteiger partial charge in [-0.2, -0.15) is 0 Å². The molecule has 90 valence electrons. The number of hydrogen-bond donors (Lipinski definition) is 1. The van der Waals surface area contributed by atoms with Crippen LogP contribution in [0.2, 0.25) is 0 Å². The Balaban J connectivity index is 2.62. The SMILES string of the molecule is CCCC(CNC)N1CCOCC1(C)C. The van der Waals surface area contributed by atoms with Gasteiger partial charge in [0.15, 0.2) is 0 Å². The molecule has 0 spiro atoms. The minimum absolute atomic E-state index is 0.189. The Morgan fingerprint density at radius 3 is 2.73 bits per heavy atom. The summed E-state index contributed by atoms with van der Waals surface area (Å²) in [4.78, 5) is 2.61. The predicted octanol–water partition coefficient (Wildman–Crippen LogP) is 1.49. The number of ether oxygens (including phenoxy) is 1. The maximum absolute atomic E-state index is 5.56. The Morgan fingerprint density at radius 2 is 2.20 bits per heavy atom. The second kappa shape index (κ2) is 5.83. The lowest BCUT2D eigenvalue weighted by molar-refractivity contribution is -0.0727. The molecule has 0 aromatic heterocycles. The van der Waals surface area contributed by atoms with Crippen molar-refractivity contribution >= 4 is 0 Å². The third-order valence-corrected chi connectivity index (χ3v) is 3.21. The Hall–Kier alpha value is -0.120. The molecule has 3 nitrogen and oxygen atoms in total. The van der Waals surface area contributed by atoms with Gasteiger partial charge >= 0.3 is 0 Å². The van der Waals surface area contributed by atoms with Crippen LogP contribution in [0.15, 0.2) is 0 Å². The summed E-state index contributed by atoms with van der Waals surface area (Å²) in [7, 11) is 2.04. The van der Waals surface area contributed by atoms with Crippen molar-refractivity contribution in [2.24, 2.45) is 0 Å². The molecule has 3 heteroatoms. The van der Waals surface area contributed by atoms with E-state index in [9.17, 15) is 0 Å². The fourth-order valence-electron chi connectivity index (χ4n) is 2.48. The highest BCUT2D eigenvalue weighted by Crippen LogP contribution is 2.23. The number of rotatable bonds is 5. The number of likely N-dealkylation sites (N-methyl/N-ethyl adjacent to an activating group) is 1. The second-order valence-corrected chi connectivity index (χ2v) is 5.06. The minimum Gasteiger partial charge on any atom is -0.378 e. The van der Waals surface area contributed by atoms with Crippen LogP contribution in [0.1, 0.15) is 33.6 Å². The van der Waals surface area contributed by atoms with Gasteiger partial charge in [-0.05, 0) is 27.3 Å². The molecule has 1 heterocycles. The van der Waals surface area contributed by atoms with Gasteiger partial charge in [-0.1, -0.05) is 13.3 Å². The van der Waals surface area contributed by atoms with Crippen LogP contribution in [0.4, 0.5) is 0 Å². The van der Waals surface area contributed by atoms with Crippen molar-refractivity contribution in [3.63, 3.8) is 0 Å². The highest BCUT2D eigenvalue weighted by Gasteiger charge is 2.34. The monoisotopic (exact) mass is 214 g/mol. The first-order valence-corrected chi connectivity index (χ1v) is 6.11. The zero-order valence-electron chi connectivity index (χ0n) is 10.7. The van der Waals surface area contributed by atoms with E-state index in [2.05, 4.69) is 31.0 Å². The van der Waals surface area contributed by atoms with Crippen LogP contribution in [-0.2, 0) is 4.74 Å². The molecule has 0 aromatic rings. The number of morpholine rings is 1. The Morgan fingerprint density at radius 1 is 1.47 bits per heavy atom. The predicted molar refractivity (Wildman–Crippen MR) is 64.2 cm³/mol. The quantitative estimate of drug-likeness (QED) is 0.750. The topological polar surface area (TPSA) is 24.5 Å². The van der Waals surface area contributed by atoms with Gasteiger partial charge in [0.1, 0.15) is 0 Å². The molecule has 1 atom stereocenters. The lowest BCUT2D eigenvalue weighted by Crippen LogP contribution is -2.59. The molecule has 1 fully saturated rings. The molecular weight excluding hydrogens is 188 g/mol. The molecule has 1 rings (SSSR count). The Labute approximate surface area is 94.2 Å². The molecule has 0 saturated carbocycles. The minimum atomic E-state index is 0.189. The van der Waals surface area contributed by atoms with Gasteiger partial charge in [0.05, 0.1) is 13.2 Å². The summed E-state index contributed by atoms with van der Waals surface area (Å²) in [6, 6.07) is 0.652. The molecule has 1 aliphatic heterocycles. The van der Waals surface area contributed by atoms with Gasteiger partial charge in [-0.25, -0.2) is 0 Å². The molecule has 15 heavy (non-hydrogen) atoms. The molecule has 0 aromatic carbocycles.